The Labute approximate surface area is 135 Å². The molecule has 1 fully saturated rings. The van der Waals surface area contributed by atoms with Gasteiger partial charge in [-0.2, -0.15) is 0 Å². The van der Waals surface area contributed by atoms with Gasteiger partial charge in [-0.05, 0) is 51.8 Å². The first-order chi connectivity index (χ1) is 9.83. The number of rotatable bonds is 7. The van der Waals surface area contributed by atoms with E-state index in [-0.39, 0.29) is 12.4 Å². The summed E-state index contributed by atoms with van der Waals surface area (Å²) in [5.74, 6) is 0.991. The molecule has 1 unspecified atom stereocenters. The Morgan fingerprint density at radius 1 is 1.24 bits per heavy atom. The molecule has 4 heteroatoms. The van der Waals surface area contributed by atoms with Crippen LogP contribution in [0.3, 0.4) is 0 Å². The molecule has 1 aliphatic heterocycles. The molecule has 3 nitrogen and oxygen atoms in total. The molecule has 21 heavy (non-hydrogen) atoms. The van der Waals surface area contributed by atoms with E-state index in [0.29, 0.717) is 6.04 Å². The van der Waals surface area contributed by atoms with Crippen molar-refractivity contribution in [2.24, 2.45) is 0 Å². The molecule has 1 aliphatic rings. The summed E-state index contributed by atoms with van der Waals surface area (Å²) >= 11 is 0. The summed E-state index contributed by atoms with van der Waals surface area (Å²) in [6, 6.07) is 9.10. The van der Waals surface area contributed by atoms with E-state index in [4.69, 9.17) is 4.74 Å². The molecule has 0 radical (unpaired) electrons. The molecule has 1 heterocycles. The molecular weight excluding hydrogens is 284 g/mol. The van der Waals surface area contributed by atoms with E-state index < -0.39 is 0 Å². The summed E-state index contributed by atoms with van der Waals surface area (Å²) in [5.41, 5.74) is 1.25. The maximum atomic E-state index is 5.92. The van der Waals surface area contributed by atoms with Crippen LogP contribution in [-0.2, 0) is 0 Å². The van der Waals surface area contributed by atoms with Crippen LogP contribution in [0.1, 0.15) is 39.5 Å². The van der Waals surface area contributed by atoms with Crippen molar-refractivity contribution in [1.82, 2.24) is 5.32 Å². The summed E-state index contributed by atoms with van der Waals surface area (Å²) in [4.78, 5) is 2.34. The normalized spacial score (nSPS) is 17.9. The SMILES string of the molecule is CCN(CC)c1cccc(OCCC2CCCCN2)c1.Cl. The van der Waals surface area contributed by atoms with E-state index in [0.717, 1.165) is 31.9 Å². The van der Waals surface area contributed by atoms with Crippen molar-refractivity contribution < 1.29 is 4.74 Å². The van der Waals surface area contributed by atoms with Gasteiger partial charge in [-0.1, -0.05) is 12.5 Å². The average Bonchev–Trinajstić information content (AvgIpc) is 2.50. The zero-order chi connectivity index (χ0) is 14.2. The van der Waals surface area contributed by atoms with Gasteiger partial charge in [0.2, 0.25) is 0 Å². The van der Waals surface area contributed by atoms with Gasteiger partial charge in [0, 0.05) is 30.9 Å². The van der Waals surface area contributed by atoms with Gasteiger partial charge in [0.15, 0.2) is 0 Å². The Bertz CT molecular complexity index is 390. The summed E-state index contributed by atoms with van der Waals surface area (Å²) in [5, 5.41) is 3.56. The van der Waals surface area contributed by atoms with Crippen LogP contribution in [0.5, 0.6) is 5.75 Å². The minimum Gasteiger partial charge on any atom is -0.493 e. The molecule has 1 aromatic rings. The second kappa shape index (κ2) is 9.91. The predicted octanol–water partition coefficient (Wildman–Crippen LogP) is 3.87. The van der Waals surface area contributed by atoms with Crippen molar-refractivity contribution in [3.63, 3.8) is 0 Å². The van der Waals surface area contributed by atoms with Gasteiger partial charge in [0.05, 0.1) is 6.61 Å². The van der Waals surface area contributed by atoms with Gasteiger partial charge in [0.25, 0.3) is 0 Å². The van der Waals surface area contributed by atoms with E-state index in [2.05, 4.69) is 48.3 Å². The maximum absolute atomic E-state index is 5.92. The fraction of sp³-hybridized carbons (Fsp3) is 0.647. The molecule has 2 rings (SSSR count). The highest BCUT2D eigenvalue weighted by Gasteiger charge is 2.12. The highest BCUT2D eigenvalue weighted by Crippen LogP contribution is 2.21. The van der Waals surface area contributed by atoms with Crippen LogP contribution in [0.4, 0.5) is 5.69 Å². The van der Waals surface area contributed by atoms with E-state index in [1.165, 1.54) is 31.5 Å². The Morgan fingerprint density at radius 2 is 2.05 bits per heavy atom. The predicted molar refractivity (Wildman–Crippen MR) is 93.0 cm³/mol. The maximum Gasteiger partial charge on any atom is 0.121 e. The Balaban J connectivity index is 0.00000220. The van der Waals surface area contributed by atoms with Crippen molar-refractivity contribution in [3.8, 4) is 5.75 Å². The standard InChI is InChI=1S/C17H28N2O.ClH/c1-3-19(4-2)16-9-7-10-17(14-16)20-13-11-15-8-5-6-12-18-15;/h7,9-10,14-15,18H,3-6,8,11-13H2,1-2H3;1H. The lowest BCUT2D eigenvalue weighted by Crippen LogP contribution is -2.35. The largest absolute Gasteiger partial charge is 0.493 e. The van der Waals surface area contributed by atoms with Crippen LogP contribution in [0, 0.1) is 0 Å². The average molecular weight is 313 g/mol. The van der Waals surface area contributed by atoms with Crippen molar-refractivity contribution in [2.75, 3.05) is 31.1 Å². The molecule has 1 N–H and O–H groups in total. The van der Waals surface area contributed by atoms with Gasteiger partial charge in [-0.15, -0.1) is 12.4 Å². The van der Waals surface area contributed by atoms with Gasteiger partial charge in [-0.25, -0.2) is 0 Å². The number of hydrogen-bond donors (Lipinski definition) is 1. The number of halogens is 1. The lowest BCUT2D eigenvalue weighted by atomic mass is 10.0. The van der Waals surface area contributed by atoms with Crippen molar-refractivity contribution in [1.29, 1.82) is 0 Å². The molecule has 1 saturated heterocycles. The number of benzene rings is 1. The summed E-state index contributed by atoms with van der Waals surface area (Å²) in [6.07, 6.45) is 5.08. The second-order valence-corrected chi connectivity index (χ2v) is 5.45. The molecular formula is C17H29ClN2O. The van der Waals surface area contributed by atoms with Crippen LogP contribution in [-0.4, -0.2) is 32.3 Å². The smallest absolute Gasteiger partial charge is 0.121 e. The van der Waals surface area contributed by atoms with Crippen LogP contribution < -0.4 is 15.0 Å². The van der Waals surface area contributed by atoms with Crippen LogP contribution in [0.15, 0.2) is 24.3 Å². The third kappa shape index (κ3) is 5.76. The minimum atomic E-state index is 0. The number of hydrogen-bond acceptors (Lipinski definition) is 3. The molecule has 1 aromatic carbocycles. The third-order valence-electron chi connectivity index (χ3n) is 4.09. The van der Waals surface area contributed by atoms with E-state index in [9.17, 15) is 0 Å². The number of nitrogens with zero attached hydrogens (tertiary/aromatic N) is 1. The Hall–Kier alpha value is -0.930. The molecule has 0 spiro atoms. The number of nitrogens with one attached hydrogen (secondary N) is 1. The van der Waals surface area contributed by atoms with E-state index in [1.54, 1.807) is 0 Å². The molecule has 120 valence electrons. The van der Waals surface area contributed by atoms with Crippen molar-refractivity contribution in [3.05, 3.63) is 24.3 Å². The first-order valence-electron chi connectivity index (χ1n) is 8.04. The fourth-order valence-electron chi connectivity index (χ4n) is 2.85. The lowest BCUT2D eigenvalue weighted by Gasteiger charge is -2.24. The fourth-order valence-corrected chi connectivity index (χ4v) is 2.85. The van der Waals surface area contributed by atoms with Gasteiger partial charge < -0.3 is 15.0 Å². The Morgan fingerprint density at radius 3 is 2.71 bits per heavy atom. The first-order valence-corrected chi connectivity index (χ1v) is 8.04. The zero-order valence-electron chi connectivity index (χ0n) is 13.3. The highest BCUT2D eigenvalue weighted by molar-refractivity contribution is 5.85. The van der Waals surface area contributed by atoms with Gasteiger partial charge in [0.1, 0.15) is 5.75 Å². The van der Waals surface area contributed by atoms with E-state index in [1.807, 2.05) is 0 Å². The van der Waals surface area contributed by atoms with Crippen LogP contribution in [0.2, 0.25) is 0 Å². The lowest BCUT2D eigenvalue weighted by molar-refractivity contribution is 0.268. The first kappa shape index (κ1) is 18.1. The molecule has 0 amide bonds. The quantitative estimate of drug-likeness (QED) is 0.827. The second-order valence-electron chi connectivity index (χ2n) is 5.45. The van der Waals surface area contributed by atoms with Crippen LogP contribution >= 0.6 is 12.4 Å². The Kier molecular flexibility index (Phi) is 8.55. The number of ether oxygens (including phenoxy) is 1. The molecule has 1 atom stereocenters. The van der Waals surface area contributed by atoms with Crippen molar-refractivity contribution >= 4 is 18.1 Å². The summed E-state index contributed by atoms with van der Waals surface area (Å²) in [6.45, 7) is 8.41. The molecule has 0 aromatic heterocycles. The number of piperidine rings is 1. The molecule has 0 saturated carbocycles. The molecule has 0 aliphatic carbocycles. The van der Waals surface area contributed by atoms with Gasteiger partial charge >= 0.3 is 0 Å². The minimum absolute atomic E-state index is 0. The van der Waals surface area contributed by atoms with Crippen LogP contribution in [0.25, 0.3) is 0 Å². The van der Waals surface area contributed by atoms with Gasteiger partial charge in [-0.3, -0.25) is 0 Å². The van der Waals surface area contributed by atoms with E-state index >= 15 is 0 Å². The summed E-state index contributed by atoms with van der Waals surface area (Å²) < 4.78 is 5.92. The highest BCUT2D eigenvalue weighted by atomic mass is 35.5. The number of anilines is 1. The zero-order valence-corrected chi connectivity index (χ0v) is 14.1. The molecule has 0 bridgehead atoms. The third-order valence-corrected chi connectivity index (χ3v) is 4.09. The monoisotopic (exact) mass is 312 g/mol. The van der Waals surface area contributed by atoms with Crippen molar-refractivity contribution in [2.45, 2.75) is 45.6 Å². The topological polar surface area (TPSA) is 24.5 Å². The summed E-state index contributed by atoms with van der Waals surface area (Å²) in [7, 11) is 0.